The van der Waals surface area contributed by atoms with Crippen molar-refractivity contribution in [1.29, 1.82) is 0 Å². The molecule has 6 nitrogen and oxygen atoms in total. The van der Waals surface area contributed by atoms with Gasteiger partial charge in [0.25, 0.3) is 0 Å². The zero-order chi connectivity index (χ0) is 21.7. The summed E-state index contributed by atoms with van der Waals surface area (Å²) in [5.41, 5.74) is 1.34. The van der Waals surface area contributed by atoms with Crippen molar-refractivity contribution in [3.05, 3.63) is 24.3 Å². The fourth-order valence-electron chi connectivity index (χ4n) is 4.81. The number of hydrogen-bond acceptors (Lipinski definition) is 2. The van der Waals surface area contributed by atoms with Gasteiger partial charge in [-0.2, -0.15) is 0 Å². The molecule has 6 atom stereocenters. The second-order valence-corrected chi connectivity index (χ2v) is 9.78. The molecule has 2 fully saturated rings. The smallest absolute Gasteiger partial charge is 0.319 e. The normalized spacial score (nSPS) is 31.5. The van der Waals surface area contributed by atoms with Crippen LogP contribution in [0.2, 0.25) is 0 Å². The molecule has 0 aliphatic heterocycles. The fourth-order valence-corrected chi connectivity index (χ4v) is 4.81. The van der Waals surface area contributed by atoms with Crippen molar-refractivity contribution in [2.45, 2.75) is 78.3 Å². The Bertz CT molecular complexity index is 680. The lowest BCUT2D eigenvalue weighted by molar-refractivity contribution is 0.214. The van der Waals surface area contributed by atoms with Crippen molar-refractivity contribution in [3.63, 3.8) is 0 Å². The van der Waals surface area contributed by atoms with Crippen LogP contribution in [0.4, 0.5) is 21.0 Å². The van der Waals surface area contributed by atoms with Crippen molar-refractivity contribution in [3.8, 4) is 0 Å². The van der Waals surface area contributed by atoms with Crippen molar-refractivity contribution in [2.24, 2.45) is 23.7 Å². The predicted octanol–water partition coefficient (Wildman–Crippen LogP) is 5.58. The highest BCUT2D eigenvalue weighted by Gasteiger charge is 2.27. The third-order valence-electron chi connectivity index (χ3n) is 6.93. The van der Waals surface area contributed by atoms with Gasteiger partial charge in [0.2, 0.25) is 0 Å². The number of nitrogens with one attached hydrogen (secondary N) is 4. The quantitative estimate of drug-likeness (QED) is 0.519. The molecule has 0 unspecified atom stereocenters. The summed E-state index contributed by atoms with van der Waals surface area (Å²) in [5.74, 6) is 2.28. The molecule has 0 bridgehead atoms. The third-order valence-corrected chi connectivity index (χ3v) is 6.93. The summed E-state index contributed by atoms with van der Waals surface area (Å²) in [6.07, 6.45) is 6.81. The summed E-state index contributed by atoms with van der Waals surface area (Å²) in [7, 11) is 0. The molecule has 166 valence electrons. The molecule has 4 N–H and O–H groups in total. The number of rotatable bonds is 4. The van der Waals surface area contributed by atoms with E-state index in [0.717, 1.165) is 25.7 Å². The Labute approximate surface area is 181 Å². The number of urea groups is 2. The Morgan fingerprint density at radius 2 is 1.17 bits per heavy atom. The molecule has 30 heavy (non-hydrogen) atoms. The summed E-state index contributed by atoms with van der Waals surface area (Å²) in [6, 6.07) is 7.34. The summed E-state index contributed by atoms with van der Waals surface area (Å²) < 4.78 is 0. The van der Waals surface area contributed by atoms with E-state index in [9.17, 15) is 9.59 Å². The van der Waals surface area contributed by atoms with Crippen LogP contribution in [0, 0.1) is 23.7 Å². The standard InChI is InChI=1S/C24H38N4O2/c1-15-8-10-17(3)21(12-15)27-23(29)25-19-6-5-7-20(14-19)26-24(30)28-22-13-16(2)9-11-18(22)4/h5-7,14-18,21-22H,8-13H2,1-4H3,(H2,25,27,29)(H2,26,28,30)/t15-,16+,17-,18-,21+,22-/m0/s1. The lowest BCUT2D eigenvalue weighted by atomic mass is 9.80. The SMILES string of the molecule is C[C@@H]1CC[C@H](C)[C@@H](NC(=O)Nc2cccc(NC(=O)N[C@@H]3C[C@@H](C)CC[C@@H]3C)c2)C1. The highest BCUT2D eigenvalue weighted by atomic mass is 16.2. The Morgan fingerprint density at radius 1 is 0.733 bits per heavy atom. The monoisotopic (exact) mass is 414 g/mol. The van der Waals surface area contributed by atoms with Crippen LogP contribution in [0.1, 0.15) is 66.2 Å². The first-order valence-corrected chi connectivity index (χ1v) is 11.5. The topological polar surface area (TPSA) is 82.3 Å². The van der Waals surface area contributed by atoms with E-state index >= 15 is 0 Å². The van der Waals surface area contributed by atoms with E-state index < -0.39 is 0 Å². The molecular weight excluding hydrogens is 376 g/mol. The van der Waals surface area contributed by atoms with Crippen LogP contribution in [0.15, 0.2) is 24.3 Å². The molecule has 2 saturated carbocycles. The summed E-state index contributed by atoms with van der Waals surface area (Å²) in [5, 5.41) is 12.1. The van der Waals surface area contributed by atoms with Gasteiger partial charge in [-0.1, -0.05) is 46.6 Å². The van der Waals surface area contributed by atoms with Gasteiger partial charge in [0.05, 0.1) is 0 Å². The van der Waals surface area contributed by atoms with E-state index in [4.69, 9.17) is 0 Å². The first kappa shape index (κ1) is 22.4. The second kappa shape index (κ2) is 10.2. The molecule has 4 amide bonds. The second-order valence-electron chi connectivity index (χ2n) is 9.78. The molecule has 6 heteroatoms. The van der Waals surface area contributed by atoms with E-state index in [-0.39, 0.29) is 24.1 Å². The average Bonchev–Trinajstić information content (AvgIpc) is 2.68. The van der Waals surface area contributed by atoms with Crippen LogP contribution in [0.5, 0.6) is 0 Å². The zero-order valence-corrected chi connectivity index (χ0v) is 18.8. The van der Waals surface area contributed by atoms with Crippen LogP contribution < -0.4 is 21.3 Å². The molecule has 2 aliphatic rings. The Balaban J connectivity index is 1.51. The van der Waals surface area contributed by atoms with Gasteiger partial charge >= 0.3 is 12.1 Å². The maximum absolute atomic E-state index is 12.5. The Hall–Kier alpha value is -2.24. The minimum atomic E-state index is -0.187. The molecule has 1 aromatic carbocycles. The number of hydrogen-bond donors (Lipinski definition) is 4. The van der Waals surface area contributed by atoms with Crippen molar-refractivity contribution in [2.75, 3.05) is 10.6 Å². The number of carbonyl (C=O) groups excluding carboxylic acids is 2. The van der Waals surface area contributed by atoms with E-state index in [1.807, 2.05) is 18.2 Å². The summed E-state index contributed by atoms with van der Waals surface area (Å²) >= 11 is 0. The first-order chi connectivity index (χ1) is 14.3. The van der Waals surface area contributed by atoms with Crippen LogP contribution in [0.3, 0.4) is 0 Å². The average molecular weight is 415 g/mol. The predicted molar refractivity (Wildman–Crippen MR) is 123 cm³/mol. The van der Waals surface area contributed by atoms with Crippen LogP contribution in [0.25, 0.3) is 0 Å². The van der Waals surface area contributed by atoms with Gasteiger partial charge in [0.1, 0.15) is 0 Å². The fraction of sp³-hybridized carbons (Fsp3) is 0.667. The largest absolute Gasteiger partial charge is 0.335 e. The van der Waals surface area contributed by atoms with Crippen LogP contribution >= 0.6 is 0 Å². The maximum atomic E-state index is 12.5. The third kappa shape index (κ3) is 6.38. The van der Waals surface area contributed by atoms with Crippen molar-refractivity contribution < 1.29 is 9.59 Å². The molecule has 0 radical (unpaired) electrons. The summed E-state index contributed by atoms with van der Waals surface area (Å²) in [6.45, 7) is 8.89. The first-order valence-electron chi connectivity index (χ1n) is 11.5. The molecule has 0 heterocycles. The van der Waals surface area contributed by atoms with Crippen molar-refractivity contribution in [1.82, 2.24) is 10.6 Å². The Kier molecular flexibility index (Phi) is 7.62. The van der Waals surface area contributed by atoms with E-state index in [1.165, 1.54) is 12.8 Å². The van der Waals surface area contributed by atoms with E-state index in [1.54, 1.807) is 6.07 Å². The Morgan fingerprint density at radius 3 is 1.60 bits per heavy atom. The number of carbonyl (C=O) groups is 2. The van der Waals surface area contributed by atoms with Crippen molar-refractivity contribution >= 4 is 23.4 Å². The van der Waals surface area contributed by atoms with Gasteiger partial charge < -0.3 is 21.3 Å². The molecule has 0 saturated heterocycles. The maximum Gasteiger partial charge on any atom is 0.319 e. The van der Waals surface area contributed by atoms with Gasteiger partial charge in [-0.3, -0.25) is 0 Å². The molecule has 2 aliphatic carbocycles. The molecule has 0 spiro atoms. The molecule has 3 rings (SSSR count). The van der Waals surface area contributed by atoms with Crippen LogP contribution in [-0.2, 0) is 0 Å². The molecule has 1 aromatic rings. The van der Waals surface area contributed by atoms with Gasteiger partial charge in [-0.15, -0.1) is 0 Å². The lowest BCUT2D eigenvalue weighted by Gasteiger charge is -2.33. The van der Waals surface area contributed by atoms with Gasteiger partial charge in [-0.25, -0.2) is 9.59 Å². The van der Waals surface area contributed by atoms with Gasteiger partial charge in [0, 0.05) is 23.5 Å². The summed E-state index contributed by atoms with van der Waals surface area (Å²) in [4.78, 5) is 24.9. The molecular formula is C24H38N4O2. The molecule has 0 aromatic heterocycles. The zero-order valence-electron chi connectivity index (χ0n) is 18.8. The van der Waals surface area contributed by atoms with Gasteiger partial charge in [0.15, 0.2) is 0 Å². The van der Waals surface area contributed by atoms with Crippen LogP contribution in [-0.4, -0.2) is 24.1 Å². The lowest BCUT2D eigenvalue weighted by Crippen LogP contribution is -2.45. The minimum absolute atomic E-state index is 0.187. The number of benzene rings is 1. The highest BCUT2D eigenvalue weighted by molar-refractivity contribution is 5.93. The number of anilines is 2. The van der Waals surface area contributed by atoms with E-state index in [2.05, 4.69) is 49.0 Å². The number of amides is 4. The highest BCUT2D eigenvalue weighted by Crippen LogP contribution is 2.29. The van der Waals surface area contributed by atoms with Gasteiger partial charge in [-0.05, 0) is 67.6 Å². The minimum Gasteiger partial charge on any atom is -0.335 e. The van der Waals surface area contributed by atoms with E-state index in [0.29, 0.717) is 35.0 Å².